The maximum atomic E-state index is 3.78. The third-order valence-electron chi connectivity index (χ3n) is 5.30. The fourth-order valence-electron chi connectivity index (χ4n) is 3.25. The van der Waals surface area contributed by atoms with Crippen LogP contribution in [0.1, 0.15) is 0 Å². The predicted octanol–water partition coefficient (Wildman–Crippen LogP) is 6.49. The highest BCUT2D eigenvalue weighted by Gasteiger charge is 1.87. The second-order valence-corrected chi connectivity index (χ2v) is 8.64. The third kappa shape index (κ3) is 17.3. The number of H-pyrrole nitrogens is 1. The van der Waals surface area contributed by atoms with Crippen LogP contribution in [0.2, 0.25) is 0 Å². The van der Waals surface area contributed by atoms with Crippen molar-refractivity contribution in [1.29, 1.82) is 0 Å². The van der Waals surface area contributed by atoms with Gasteiger partial charge in [-0.1, -0.05) is 30.3 Å². The average Bonchev–Trinajstić information content (AvgIpc) is 3.90. The number of nitrogens with one attached hydrogen (secondary N) is 1. The maximum absolute atomic E-state index is 3.78. The number of aromatic nitrogens is 12. The van der Waals surface area contributed by atoms with Crippen LogP contribution in [0, 0.1) is 0 Å². The highest BCUT2D eigenvalue weighted by atomic mass is 15.1. The zero-order valence-corrected chi connectivity index (χ0v) is 26.0. The van der Waals surface area contributed by atoms with Crippen molar-refractivity contribution in [2.24, 2.45) is 0 Å². The molecule has 8 heterocycles. The number of aromatic amines is 1. The molecule has 0 bridgehead atoms. The molecule has 8 aromatic heterocycles. The van der Waals surface area contributed by atoms with E-state index in [1.54, 1.807) is 68.0 Å². The van der Waals surface area contributed by atoms with Gasteiger partial charge in [0.15, 0.2) is 0 Å². The van der Waals surface area contributed by atoms with Crippen LogP contribution < -0.4 is 0 Å². The quantitative estimate of drug-likeness (QED) is 0.196. The van der Waals surface area contributed by atoms with Crippen LogP contribution in [0.5, 0.6) is 0 Å². The Hall–Kier alpha value is -7.08. The number of hydrogen-bond acceptors (Lipinski definition) is 10. The van der Waals surface area contributed by atoms with Gasteiger partial charge in [0.05, 0.1) is 0 Å². The lowest BCUT2D eigenvalue weighted by Gasteiger charge is -1.88. The van der Waals surface area contributed by atoms with Crippen molar-refractivity contribution >= 4 is 16.4 Å². The van der Waals surface area contributed by atoms with E-state index in [1.165, 1.54) is 41.7 Å². The molecule has 48 heavy (non-hydrogen) atoms. The Bertz CT molecular complexity index is 1480. The van der Waals surface area contributed by atoms with E-state index >= 15 is 0 Å². The highest BCUT2D eigenvalue weighted by Crippen LogP contribution is 2.09. The first-order valence-corrected chi connectivity index (χ1v) is 14.5. The fraction of sp³-hybridized carbons (Fsp3) is 0. The van der Waals surface area contributed by atoms with E-state index in [0.29, 0.717) is 0 Å². The van der Waals surface area contributed by atoms with Crippen molar-refractivity contribution < 1.29 is 0 Å². The molecule has 0 spiro atoms. The molecule has 0 aliphatic heterocycles. The number of nitrogens with zero attached hydrogens (tertiary/aromatic N) is 11. The van der Waals surface area contributed by atoms with Crippen molar-refractivity contribution in [2.45, 2.75) is 0 Å². The molecule has 0 atom stereocenters. The molecular weight excluding hydrogens is 600 g/mol. The lowest BCUT2D eigenvalue weighted by Crippen LogP contribution is -1.75. The van der Waals surface area contributed by atoms with Crippen LogP contribution in [-0.2, 0) is 0 Å². The van der Waals surface area contributed by atoms with Crippen molar-refractivity contribution in [3.8, 4) is 0 Å². The van der Waals surface area contributed by atoms with Gasteiger partial charge in [-0.05, 0) is 72.1 Å². The minimum atomic E-state index is 1.21. The van der Waals surface area contributed by atoms with Crippen LogP contribution in [0.25, 0.3) is 16.4 Å². The van der Waals surface area contributed by atoms with E-state index in [9.17, 15) is 0 Å². The molecule has 1 N–H and O–H groups in total. The smallest absolute Gasteiger partial charge is 0.119 e. The van der Waals surface area contributed by atoms with E-state index in [0.717, 1.165) is 0 Å². The van der Waals surface area contributed by atoms with Gasteiger partial charge >= 0.3 is 0 Å². The topological polar surface area (TPSA) is 149 Å². The molecular formula is C36H34N12. The number of pyridine rings is 2. The van der Waals surface area contributed by atoms with Crippen molar-refractivity contribution in [3.63, 3.8) is 0 Å². The Morgan fingerprint density at radius 2 is 0.896 bits per heavy atom. The SMILES string of the molecule is c1ccc2[nH]ccc2c1.c1ccn2cccc2c1.c1ccncc1.c1ccnnc1.c1cnccn1.c1cncnc1.c1ncncn1. The zero-order chi connectivity index (χ0) is 33.4. The first kappa shape index (κ1) is 35.4. The first-order chi connectivity index (χ1) is 23.9. The van der Waals surface area contributed by atoms with Crippen molar-refractivity contribution in [2.75, 3.05) is 0 Å². The summed E-state index contributed by atoms with van der Waals surface area (Å²) in [4.78, 5) is 32.4. The Kier molecular flexibility index (Phi) is 18.6. The maximum Gasteiger partial charge on any atom is 0.119 e. The molecule has 0 saturated heterocycles. The van der Waals surface area contributed by atoms with Crippen LogP contribution in [-0.4, -0.2) is 59.5 Å². The molecule has 0 radical (unpaired) electrons. The monoisotopic (exact) mass is 634 g/mol. The highest BCUT2D eigenvalue weighted by molar-refractivity contribution is 5.78. The van der Waals surface area contributed by atoms with E-state index in [2.05, 4.69) is 89.8 Å². The average molecular weight is 635 g/mol. The fourth-order valence-corrected chi connectivity index (χ4v) is 3.25. The molecule has 0 fully saturated rings. The summed E-state index contributed by atoms with van der Waals surface area (Å²) >= 11 is 0. The van der Waals surface area contributed by atoms with Gasteiger partial charge in [-0.15, -0.1) is 0 Å². The molecule has 9 rings (SSSR count). The summed E-state index contributed by atoms with van der Waals surface area (Å²) in [5.74, 6) is 0. The number of para-hydroxylation sites is 1. The van der Waals surface area contributed by atoms with Crippen LogP contribution in [0.15, 0.2) is 203 Å². The standard InChI is InChI=1S/2C8H7N.C5H5N.3C4H4N2.C3H3N3/c1-2-6-9-7-3-5-8(9)4-1;1-2-4-8-7(3-1)5-6-9-8;1-2-4-6-5-3-1;1-2-6-4-3-5-1;1-2-5-4-6-3-1;1-2-4-6-5-3-1;1-4-2-6-3-5-1/h1-7H;1-6,9H;1-5H;3*1-4H;1-3H. The molecule has 0 saturated carbocycles. The van der Waals surface area contributed by atoms with E-state index in [4.69, 9.17) is 0 Å². The van der Waals surface area contributed by atoms with Crippen LogP contribution in [0.3, 0.4) is 0 Å². The van der Waals surface area contributed by atoms with Gasteiger partial charge in [0.25, 0.3) is 0 Å². The molecule has 12 heteroatoms. The van der Waals surface area contributed by atoms with Gasteiger partial charge in [-0.3, -0.25) is 15.0 Å². The van der Waals surface area contributed by atoms with E-state index < -0.39 is 0 Å². The molecule has 12 nitrogen and oxygen atoms in total. The summed E-state index contributed by atoms with van der Waals surface area (Å²) in [5.41, 5.74) is 2.45. The Morgan fingerprint density at radius 1 is 0.375 bits per heavy atom. The summed E-state index contributed by atoms with van der Waals surface area (Å²) in [6.07, 6.45) is 28.5. The Morgan fingerprint density at radius 3 is 1.33 bits per heavy atom. The predicted molar refractivity (Wildman–Crippen MR) is 186 cm³/mol. The van der Waals surface area contributed by atoms with Crippen molar-refractivity contribution in [1.82, 2.24) is 59.5 Å². The van der Waals surface area contributed by atoms with Gasteiger partial charge in [0.2, 0.25) is 0 Å². The van der Waals surface area contributed by atoms with Crippen LogP contribution >= 0.6 is 0 Å². The molecule has 1 aromatic carbocycles. The number of fused-ring (bicyclic) bond motifs is 2. The van der Waals surface area contributed by atoms with Gasteiger partial charge < -0.3 is 9.38 Å². The van der Waals surface area contributed by atoms with Gasteiger partial charge in [0, 0.05) is 91.6 Å². The molecule has 0 amide bonds. The van der Waals surface area contributed by atoms with Crippen molar-refractivity contribution in [3.05, 3.63) is 203 Å². The minimum absolute atomic E-state index is 1.21. The summed E-state index contributed by atoms with van der Waals surface area (Å²) in [6.45, 7) is 0. The van der Waals surface area contributed by atoms with E-state index in [1.807, 2.05) is 79.3 Å². The summed E-state index contributed by atoms with van der Waals surface area (Å²) in [5, 5.41) is 8.34. The molecule has 0 aliphatic carbocycles. The molecule has 0 aliphatic rings. The minimum Gasteiger partial charge on any atom is -0.361 e. The second-order valence-electron chi connectivity index (χ2n) is 8.64. The Balaban J connectivity index is 0.000000153. The second kappa shape index (κ2) is 25.3. The lowest BCUT2D eigenvalue weighted by atomic mass is 10.3. The third-order valence-corrected chi connectivity index (χ3v) is 5.30. The molecule has 0 unspecified atom stereocenters. The lowest BCUT2D eigenvalue weighted by molar-refractivity contribution is 1.03. The largest absolute Gasteiger partial charge is 0.361 e. The summed E-state index contributed by atoms with van der Waals surface area (Å²) in [7, 11) is 0. The molecule has 238 valence electrons. The number of benzene rings is 1. The zero-order valence-electron chi connectivity index (χ0n) is 26.0. The normalized spacial score (nSPS) is 8.83. The van der Waals surface area contributed by atoms with E-state index in [-0.39, 0.29) is 0 Å². The van der Waals surface area contributed by atoms with Gasteiger partial charge in [-0.2, -0.15) is 10.2 Å². The summed E-state index contributed by atoms with van der Waals surface area (Å²) in [6, 6.07) is 31.7. The van der Waals surface area contributed by atoms with Gasteiger partial charge in [0.1, 0.15) is 25.3 Å². The number of hydrogen-bond donors (Lipinski definition) is 1. The van der Waals surface area contributed by atoms with Gasteiger partial charge in [-0.25, -0.2) is 24.9 Å². The molecule has 9 aromatic rings. The Labute approximate surface area is 278 Å². The number of rotatable bonds is 0. The first-order valence-electron chi connectivity index (χ1n) is 14.5. The summed E-state index contributed by atoms with van der Waals surface area (Å²) < 4.78 is 2.08. The van der Waals surface area contributed by atoms with Crippen LogP contribution in [0.4, 0.5) is 0 Å².